The lowest BCUT2D eigenvalue weighted by Gasteiger charge is -2.20. The van der Waals surface area contributed by atoms with Gasteiger partial charge < -0.3 is 9.47 Å². The summed E-state index contributed by atoms with van der Waals surface area (Å²) in [6.45, 7) is 5.13. The minimum atomic E-state index is -0.140. The van der Waals surface area contributed by atoms with Crippen molar-refractivity contribution in [2.24, 2.45) is 0 Å². The second-order valence-corrected chi connectivity index (χ2v) is 6.00. The Hall–Kier alpha value is -2.08. The van der Waals surface area contributed by atoms with Crippen LogP contribution in [0.15, 0.2) is 47.1 Å². The molecule has 1 aromatic heterocycles. The van der Waals surface area contributed by atoms with Gasteiger partial charge in [-0.1, -0.05) is 6.92 Å². The third-order valence-corrected chi connectivity index (χ3v) is 3.73. The maximum atomic E-state index is 12.4. The summed E-state index contributed by atoms with van der Waals surface area (Å²) in [5.74, 6) is 1.90. The van der Waals surface area contributed by atoms with E-state index in [0.29, 0.717) is 24.7 Å². The third-order valence-electron chi connectivity index (χ3n) is 3.26. The van der Waals surface area contributed by atoms with Gasteiger partial charge in [-0.2, -0.15) is 0 Å². The van der Waals surface area contributed by atoms with E-state index in [1.165, 1.54) is 0 Å². The van der Waals surface area contributed by atoms with Crippen LogP contribution < -0.4 is 14.4 Å². The van der Waals surface area contributed by atoms with Gasteiger partial charge >= 0.3 is 0 Å². The molecule has 0 N–H and O–H groups in total. The molecule has 2 aromatic rings. The second-order valence-electron chi connectivity index (χ2n) is 5.08. The van der Waals surface area contributed by atoms with Crippen LogP contribution in [0, 0.1) is 0 Å². The van der Waals surface area contributed by atoms with Crippen LogP contribution in [0.3, 0.4) is 0 Å². The second kappa shape index (κ2) is 9.27. The zero-order chi connectivity index (χ0) is 17.4. The van der Waals surface area contributed by atoms with Crippen molar-refractivity contribution in [3.8, 4) is 11.5 Å². The molecule has 0 radical (unpaired) electrons. The van der Waals surface area contributed by atoms with E-state index in [9.17, 15) is 4.79 Å². The van der Waals surface area contributed by atoms with Crippen LogP contribution in [0.25, 0.3) is 0 Å². The van der Waals surface area contributed by atoms with Crippen LogP contribution in [0.4, 0.5) is 5.82 Å². The smallest absolute Gasteiger partial charge is 0.266 e. The van der Waals surface area contributed by atoms with Gasteiger partial charge in [0, 0.05) is 17.2 Å². The van der Waals surface area contributed by atoms with Crippen molar-refractivity contribution < 1.29 is 14.3 Å². The van der Waals surface area contributed by atoms with Crippen molar-refractivity contribution in [1.29, 1.82) is 0 Å². The van der Waals surface area contributed by atoms with Crippen molar-refractivity contribution in [2.45, 2.75) is 20.3 Å². The highest BCUT2D eigenvalue weighted by atomic mass is 79.9. The molecule has 2 rings (SSSR count). The van der Waals surface area contributed by atoms with E-state index in [1.54, 1.807) is 29.3 Å². The molecule has 0 aliphatic heterocycles. The Kier molecular flexibility index (Phi) is 7.06. The van der Waals surface area contributed by atoms with Crippen LogP contribution in [0.1, 0.15) is 20.3 Å². The van der Waals surface area contributed by atoms with Gasteiger partial charge in [-0.15, -0.1) is 0 Å². The Balaban J connectivity index is 1.92. The van der Waals surface area contributed by atoms with E-state index >= 15 is 0 Å². The number of pyridine rings is 1. The summed E-state index contributed by atoms with van der Waals surface area (Å²) < 4.78 is 12.0. The summed E-state index contributed by atoms with van der Waals surface area (Å²) in [6.07, 6.45) is 2.63. The quantitative estimate of drug-likeness (QED) is 0.679. The first-order chi connectivity index (χ1) is 11.6. The molecule has 1 aromatic carbocycles. The summed E-state index contributed by atoms with van der Waals surface area (Å²) in [7, 11) is 0. The maximum absolute atomic E-state index is 12.4. The SMILES string of the molecule is CCCOc1ccc(OCC(=O)N(CC)c2ccc(Br)cn2)cc1. The number of carbonyl (C=O) groups excluding carboxylic acids is 1. The number of aromatic nitrogens is 1. The number of hydrogen-bond donors (Lipinski definition) is 0. The Morgan fingerprint density at radius 3 is 2.29 bits per heavy atom. The summed E-state index contributed by atoms with van der Waals surface area (Å²) in [6, 6.07) is 10.9. The predicted molar refractivity (Wildman–Crippen MR) is 97.7 cm³/mol. The van der Waals surface area contributed by atoms with E-state index in [4.69, 9.17) is 9.47 Å². The molecule has 6 heteroatoms. The normalized spacial score (nSPS) is 10.3. The first-order valence-electron chi connectivity index (χ1n) is 7.91. The van der Waals surface area contributed by atoms with E-state index in [0.717, 1.165) is 16.6 Å². The van der Waals surface area contributed by atoms with Gasteiger partial charge in [-0.25, -0.2) is 4.98 Å². The highest BCUT2D eigenvalue weighted by Crippen LogP contribution is 2.19. The lowest BCUT2D eigenvalue weighted by molar-refractivity contribution is -0.120. The summed E-state index contributed by atoms with van der Waals surface area (Å²) >= 11 is 3.34. The Morgan fingerprint density at radius 2 is 1.75 bits per heavy atom. The number of halogens is 1. The fourth-order valence-corrected chi connectivity index (χ4v) is 2.30. The van der Waals surface area contributed by atoms with Gasteiger partial charge in [0.2, 0.25) is 0 Å². The molecule has 5 nitrogen and oxygen atoms in total. The van der Waals surface area contributed by atoms with E-state index < -0.39 is 0 Å². The van der Waals surface area contributed by atoms with Crippen LogP contribution in [0.2, 0.25) is 0 Å². The largest absolute Gasteiger partial charge is 0.494 e. The van der Waals surface area contributed by atoms with E-state index in [1.807, 2.05) is 25.1 Å². The van der Waals surface area contributed by atoms with Gasteiger partial charge in [0.05, 0.1) is 6.61 Å². The van der Waals surface area contributed by atoms with Crippen LogP contribution in [-0.4, -0.2) is 30.6 Å². The van der Waals surface area contributed by atoms with Crippen molar-refractivity contribution in [2.75, 3.05) is 24.7 Å². The molecule has 0 saturated carbocycles. The zero-order valence-electron chi connectivity index (χ0n) is 13.9. The van der Waals surface area contributed by atoms with Crippen molar-refractivity contribution in [3.05, 3.63) is 47.1 Å². The predicted octanol–water partition coefficient (Wildman–Crippen LogP) is 4.06. The number of amides is 1. The third kappa shape index (κ3) is 5.23. The number of likely N-dealkylation sites (N-methyl/N-ethyl adjacent to an activating group) is 1. The van der Waals surface area contributed by atoms with Crippen molar-refractivity contribution in [1.82, 2.24) is 4.98 Å². The average Bonchev–Trinajstić information content (AvgIpc) is 2.61. The number of carbonyl (C=O) groups is 1. The highest BCUT2D eigenvalue weighted by Gasteiger charge is 2.15. The standard InChI is InChI=1S/C18H21BrN2O3/c1-3-11-23-15-6-8-16(9-7-15)24-13-18(22)21(4-2)17-10-5-14(19)12-20-17/h5-10,12H,3-4,11,13H2,1-2H3. The lowest BCUT2D eigenvalue weighted by atomic mass is 10.3. The van der Waals surface area contributed by atoms with E-state index in [2.05, 4.69) is 27.8 Å². The molecule has 0 spiro atoms. The molecule has 0 atom stereocenters. The monoisotopic (exact) mass is 392 g/mol. The minimum absolute atomic E-state index is 0.0409. The number of benzene rings is 1. The van der Waals surface area contributed by atoms with E-state index in [-0.39, 0.29) is 12.5 Å². The topological polar surface area (TPSA) is 51.7 Å². The molecule has 0 fully saturated rings. The van der Waals surface area contributed by atoms with Crippen LogP contribution in [0.5, 0.6) is 11.5 Å². The molecule has 0 aliphatic rings. The van der Waals surface area contributed by atoms with Crippen molar-refractivity contribution in [3.63, 3.8) is 0 Å². The first-order valence-corrected chi connectivity index (χ1v) is 8.71. The number of nitrogens with zero attached hydrogens (tertiary/aromatic N) is 2. The molecule has 0 bridgehead atoms. The first kappa shape index (κ1) is 18.3. The fourth-order valence-electron chi connectivity index (χ4n) is 2.07. The highest BCUT2D eigenvalue weighted by molar-refractivity contribution is 9.10. The number of anilines is 1. The molecule has 24 heavy (non-hydrogen) atoms. The Morgan fingerprint density at radius 1 is 1.08 bits per heavy atom. The minimum Gasteiger partial charge on any atom is -0.494 e. The zero-order valence-corrected chi connectivity index (χ0v) is 15.5. The number of rotatable bonds is 8. The van der Waals surface area contributed by atoms with Gasteiger partial charge in [-0.05, 0) is 65.7 Å². The number of ether oxygens (including phenoxy) is 2. The summed E-state index contributed by atoms with van der Waals surface area (Å²) in [5.41, 5.74) is 0. The van der Waals surface area contributed by atoms with Crippen LogP contribution >= 0.6 is 15.9 Å². The molecule has 128 valence electrons. The van der Waals surface area contributed by atoms with Gasteiger partial charge in [-0.3, -0.25) is 9.69 Å². The maximum Gasteiger partial charge on any atom is 0.266 e. The molecular weight excluding hydrogens is 372 g/mol. The molecule has 0 unspecified atom stereocenters. The van der Waals surface area contributed by atoms with Gasteiger partial charge in [0.1, 0.15) is 17.3 Å². The van der Waals surface area contributed by atoms with Gasteiger partial charge in [0.15, 0.2) is 6.61 Å². The molecular formula is C18H21BrN2O3. The summed E-state index contributed by atoms with van der Waals surface area (Å²) in [4.78, 5) is 18.2. The van der Waals surface area contributed by atoms with Gasteiger partial charge in [0.25, 0.3) is 5.91 Å². The lowest BCUT2D eigenvalue weighted by Crippen LogP contribution is -2.35. The molecule has 0 saturated heterocycles. The molecule has 0 aliphatic carbocycles. The van der Waals surface area contributed by atoms with Crippen molar-refractivity contribution >= 4 is 27.7 Å². The summed E-state index contributed by atoms with van der Waals surface area (Å²) in [5, 5.41) is 0. The molecule has 1 heterocycles. The van der Waals surface area contributed by atoms with Crippen LogP contribution in [-0.2, 0) is 4.79 Å². The fraction of sp³-hybridized carbons (Fsp3) is 0.333. The Labute approximate surface area is 150 Å². The number of hydrogen-bond acceptors (Lipinski definition) is 4. The molecule has 1 amide bonds. The average molecular weight is 393 g/mol. The Bertz CT molecular complexity index is 644.